The van der Waals surface area contributed by atoms with Crippen molar-refractivity contribution in [2.75, 3.05) is 20.0 Å². The first kappa shape index (κ1) is 52.7. The van der Waals surface area contributed by atoms with Gasteiger partial charge in [0.1, 0.15) is 48.4 Å². The topological polar surface area (TPSA) is 203 Å². The minimum Gasteiger partial charge on any atom is -0.489 e. The highest BCUT2D eigenvalue weighted by Crippen LogP contribution is 2.37. The summed E-state index contributed by atoms with van der Waals surface area (Å²) in [5.74, 6) is -3.34. The third-order valence-electron chi connectivity index (χ3n) is 12.3. The fraction of sp³-hybridized carbons (Fsp3) is 0.415. The summed E-state index contributed by atoms with van der Waals surface area (Å²) in [4.78, 5) is 87.8. The molecule has 69 heavy (non-hydrogen) atoms. The molecule has 0 aromatic heterocycles. The summed E-state index contributed by atoms with van der Waals surface area (Å²) < 4.78 is 49.9. The van der Waals surface area contributed by atoms with Gasteiger partial charge in [-0.25, -0.2) is 24.0 Å². The zero-order chi connectivity index (χ0) is 50.4. The number of hydrogen-bond donors (Lipinski definition) is 0. The quantitative estimate of drug-likeness (QED) is 0.0343. The van der Waals surface area contributed by atoms with Gasteiger partial charge in [-0.15, -0.1) is 0 Å². The van der Waals surface area contributed by atoms with Gasteiger partial charge in [0.15, 0.2) is 6.10 Å². The maximum absolute atomic E-state index is 13.5. The van der Waals surface area contributed by atoms with Crippen LogP contribution in [0, 0.1) is 51.4 Å². The summed E-state index contributed by atoms with van der Waals surface area (Å²) in [7, 11) is 0. The van der Waals surface area contributed by atoms with Crippen LogP contribution in [0.3, 0.4) is 0 Å². The van der Waals surface area contributed by atoms with Crippen LogP contribution in [-0.4, -0.2) is 80.1 Å². The Bertz CT molecular complexity index is 2440. The molecule has 0 radical (unpaired) electrons. The van der Waals surface area contributed by atoms with Gasteiger partial charge in [-0.3, -0.25) is 9.59 Å². The van der Waals surface area contributed by atoms with Crippen molar-refractivity contribution < 1.29 is 76.2 Å². The normalized spacial score (nSPS) is 20.1. The maximum atomic E-state index is 13.5. The van der Waals surface area contributed by atoms with Gasteiger partial charge in [-0.1, -0.05) is 33.6 Å². The lowest BCUT2D eigenvalue weighted by Crippen LogP contribution is -2.36. The molecular formula is C53H60O16. The second-order valence-electron chi connectivity index (χ2n) is 17.3. The van der Waals surface area contributed by atoms with Gasteiger partial charge in [0, 0.05) is 18.2 Å². The van der Waals surface area contributed by atoms with Crippen LogP contribution in [0.1, 0.15) is 95.3 Å². The smallest absolute Gasteiger partial charge is 0.338 e. The van der Waals surface area contributed by atoms with E-state index in [2.05, 4.69) is 19.7 Å². The summed E-state index contributed by atoms with van der Waals surface area (Å²) in [6.45, 7) is 20.3. The van der Waals surface area contributed by atoms with Crippen molar-refractivity contribution in [3.8, 4) is 23.0 Å². The maximum Gasteiger partial charge on any atom is 0.338 e. The lowest BCUT2D eigenvalue weighted by atomic mass is 9.80. The first-order valence-corrected chi connectivity index (χ1v) is 22.7. The van der Waals surface area contributed by atoms with Crippen molar-refractivity contribution in [3.05, 3.63) is 120 Å². The minimum absolute atomic E-state index is 0.115. The summed E-state index contributed by atoms with van der Waals surface area (Å²) in [6, 6.07) is 12.8. The number of esters is 7. The van der Waals surface area contributed by atoms with Crippen molar-refractivity contribution in [3.63, 3.8) is 0 Å². The molecule has 16 heteroatoms. The number of hydrogen-bond acceptors (Lipinski definition) is 16. The highest BCUT2D eigenvalue weighted by Gasteiger charge is 2.37. The number of carbonyl (C=O) groups excluding carboxylic acids is 7. The molecule has 0 bridgehead atoms. The lowest BCUT2D eigenvalue weighted by Gasteiger charge is -2.33. The second kappa shape index (κ2) is 24.7. The van der Waals surface area contributed by atoms with E-state index >= 15 is 0 Å². The van der Waals surface area contributed by atoms with E-state index in [1.807, 2.05) is 13.8 Å². The monoisotopic (exact) mass is 952 g/mol. The zero-order valence-corrected chi connectivity index (χ0v) is 39.9. The van der Waals surface area contributed by atoms with Gasteiger partial charge in [0.25, 0.3) is 0 Å². The summed E-state index contributed by atoms with van der Waals surface area (Å²) in [6.07, 6.45) is 3.99. The molecule has 5 rings (SSSR count). The minimum atomic E-state index is -0.921. The molecule has 0 saturated heterocycles. The first-order valence-electron chi connectivity index (χ1n) is 22.7. The summed E-state index contributed by atoms with van der Waals surface area (Å²) in [5, 5.41) is 0. The van der Waals surface area contributed by atoms with E-state index in [-0.39, 0.29) is 31.8 Å². The molecule has 0 N–H and O–H groups in total. The van der Waals surface area contributed by atoms with E-state index in [1.54, 1.807) is 76.2 Å². The van der Waals surface area contributed by atoms with E-state index in [1.165, 1.54) is 0 Å². The zero-order valence-electron chi connectivity index (χ0n) is 39.9. The average molecular weight is 953 g/mol. The average Bonchev–Trinajstić information content (AvgIpc) is 3.33. The van der Waals surface area contributed by atoms with Gasteiger partial charge in [0.2, 0.25) is 6.79 Å². The van der Waals surface area contributed by atoms with E-state index in [4.69, 9.17) is 42.6 Å². The predicted molar refractivity (Wildman–Crippen MR) is 249 cm³/mol. The van der Waals surface area contributed by atoms with E-state index in [9.17, 15) is 33.6 Å². The third kappa shape index (κ3) is 14.6. The van der Waals surface area contributed by atoms with Gasteiger partial charge in [-0.2, -0.15) is 0 Å². The molecule has 0 spiro atoms. The van der Waals surface area contributed by atoms with Gasteiger partial charge < -0.3 is 42.6 Å². The molecule has 2 aliphatic rings. The highest BCUT2D eigenvalue weighted by molar-refractivity contribution is 5.91. The molecule has 2 aliphatic carbocycles. The summed E-state index contributed by atoms with van der Waals surface area (Å²) >= 11 is 0. The second-order valence-corrected chi connectivity index (χ2v) is 17.3. The van der Waals surface area contributed by atoms with Crippen molar-refractivity contribution in [2.24, 2.45) is 23.7 Å². The Labute approximate surface area is 401 Å². The molecular weight excluding hydrogens is 893 g/mol. The Morgan fingerprint density at radius 2 is 1.00 bits per heavy atom. The van der Waals surface area contributed by atoms with Crippen molar-refractivity contribution >= 4 is 41.8 Å². The van der Waals surface area contributed by atoms with Crippen LogP contribution >= 0.6 is 0 Å². The first-order chi connectivity index (χ1) is 32.9. The Kier molecular flexibility index (Phi) is 18.9. The number of aryl methyl sites for hydroxylation is 2. The number of rotatable bonds is 20. The van der Waals surface area contributed by atoms with E-state index in [0.29, 0.717) is 94.9 Å². The molecule has 2 fully saturated rings. The van der Waals surface area contributed by atoms with Gasteiger partial charge >= 0.3 is 41.8 Å². The molecule has 2 saturated carbocycles. The van der Waals surface area contributed by atoms with Crippen LogP contribution in [0.25, 0.3) is 0 Å². The van der Waals surface area contributed by atoms with Gasteiger partial charge in [-0.05, 0) is 149 Å². The highest BCUT2D eigenvalue weighted by atomic mass is 16.7. The van der Waals surface area contributed by atoms with Crippen LogP contribution in [0.2, 0.25) is 0 Å². The van der Waals surface area contributed by atoms with E-state index in [0.717, 1.165) is 18.2 Å². The largest absolute Gasteiger partial charge is 0.489 e. The Morgan fingerprint density at radius 3 is 1.43 bits per heavy atom. The van der Waals surface area contributed by atoms with Gasteiger partial charge in [0.05, 0.1) is 23.0 Å². The Balaban J connectivity index is 1.07. The number of ether oxygens (including phenoxy) is 9. The van der Waals surface area contributed by atoms with Crippen LogP contribution in [0.4, 0.5) is 0 Å². The third-order valence-corrected chi connectivity index (χ3v) is 12.3. The predicted octanol–water partition coefficient (Wildman–Crippen LogP) is 8.33. The molecule has 0 aliphatic heterocycles. The van der Waals surface area contributed by atoms with Crippen molar-refractivity contribution in [1.82, 2.24) is 0 Å². The van der Waals surface area contributed by atoms with Crippen LogP contribution in [-0.2, 0) is 47.7 Å². The van der Waals surface area contributed by atoms with Crippen LogP contribution in [0.5, 0.6) is 23.0 Å². The standard InChI is InChI=1S/C53H60O16/c1-10-47(54)62-28-40(65-49(56)12-3)27-61-41-17-13-36(23-30(41)4)50(57)66-43-19-15-38(25-32(43)6)52(59)68-45-21-22-46(35(9)34(45)8)69-53(60)39-16-20-44(33(7)26-39)67-51(58)37-14-18-42(31(5)24-37)63-29-64-48(55)11-2/h10-14,17-18,21-24,32-33,38-40,43-44H,1-3,15-16,19-20,25-29H2,4-9H3. The fourth-order valence-electron chi connectivity index (χ4n) is 8.13. The SMILES string of the molecule is C=CC(=O)OCOc1ccc(C(=O)OC2CCC(C(=O)Oc3ccc(OC(=O)C4CCC(OC(=O)c5ccc(OCC(COC(=O)C=C)OC(=O)C=C)c(C)c5)C(C)C4)c(C)c3C)CC2C)cc1C. The molecule has 368 valence electrons. The number of carbonyl (C=O) groups is 7. The fourth-order valence-corrected chi connectivity index (χ4v) is 8.13. The van der Waals surface area contributed by atoms with Crippen LogP contribution < -0.4 is 18.9 Å². The lowest BCUT2D eigenvalue weighted by molar-refractivity contribution is -0.154. The Morgan fingerprint density at radius 1 is 0.565 bits per heavy atom. The molecule has 7 unspecified atom stereocenters. The Hall–Kier alpha value is -7.23. The molecule has 16 nitrogen and oxygen atoms in total. The molecule has 3 aromatic rings. The van der Waals surface area contributed by atoms with Crippen molar-refractivity contribution in [2.45, 2.75) is 98.4 Å². The molecule has 0 heterocycles. The van der Waals surface area contributed by atoms with E-state index < -0.39 is 71.9 Å². The van der Waals surface area contributed by atoms with Crippen LogP contribution in [0.15, 0.2) is 86.5 Å². The molecule has 0 amide bonds. The molecule has 3 aromatic carbocycles. The van der Waals surface area contributed by atoms with Crippen molar-refractivity contribution in [1.29, 1.82) is 0 Å². The number of benzene rings is 3. The molecule has 7 atom stereocenters. The summed E-state index contributed by atoms with van der Waals surface area (Å²) in [5.41, 5.74) is 3.22.